The zero-order valence-corrected chi connectivity index (χ0v) is 15.6. The van der Waals surface area contributed by atoms with Crippen molar-refractivity contribution in [2.75, 3.05) is 18.4 Å². The molecule has 8 heteroatoms. The Morgan fingerprint density at radius 1 is 1.40 bits per heavy atom. The van der Waals surface area contributed by atoms with Crippen molar-refractivity contribution in [2.24, 2.45) is 5.14 Å². The van der Waals surface area contributed by atoms with Crippen LogP contribution >= 0.6 is 11.3 Å². The molecule has 134 valence electrons. The maximum Gasteiger partial charge on any atom is 0.238 e. The van der Waals surface area contributed by atoms with E-state index < -0.39 is 10.0 Å². The summed E-state index contributed by atoms with van der Waals surface area (Å²) < 4.78 is 22.8. The average molecular weight is 380 g/mol. The SMILES string of the molecule is CCC1c2ccsc2CCN1CC(=O)Nc1cccc(S(N)(=O)=O)c1. The minimum Gasteiger partial charge on any atom is -0.325 e. The van der Waals surface area contributed by atoms with Crippen LogP contribution in [-0.2, 0) is 21.2 Å². The van der Waals surface area contributed by atoms with Gasteiger partial charge in [-0.2, -0.15) is 0 Å². The molecule has 3 rings (SSSR count). The number of carbonyl (C=O) groups is 1. The largest absolute Gasteiger partial charge is 0.325 e. The molecule has 0 saturated carbocycles. The Morgan fingerprint density at radius 3 is 2.92 bits per heavy atom. The Labute approximate surface area is 151 Å². The lowest BCUT2D eigenvalue weighted by molar-refractivity contribution is -0.118. The summed E-state index contributed by atoms with van der Waals surface area (Å²) in [4.78, 5) is 16.0. The summed E-state index contributed by atoms with van der Waals surface area (Å²) >= 11 is 1.78. The molecular formula is C17H21N3O3S2. The number of nitrogens with one attached hydrogen (secondary N) is 1. The van der Waals surface area contributed by atoms with Gasteiger partial charge in [0.05, 0.1) is 11.4 Å². The van der Waals surface area contributed by atoms with Crippen molar-refractivity contribution in [3.05, 3.63) is 46.2 Å². The van der Waals surface area contributed by atoms with Crippen LogP contribution in [0.3, 0.4) is 0 Å². The minimum absolute atomic E-state index is 0.0161. The van der Waals surface area contributed by atoms with E-state index in [9.17, 15) is 13.2 Å². The van der Waals surface area contributed by atoms with E-state index in [4.69, 9.17) is 5.14 Å². The summed E-state index contributed by atoms with van der Waals surface area (Å²) in [6.45, 7) is 3.24. The van der Waals surface area contributed by atoms with Gasteiger partial charge in [-0.05, 0) is 48.1 Å². The molecule has 0 spiro atoms. The van der Waals surface area contributed by atoms with Gasteiger partial charge in [0.1, 0.15) is 0 Å². The summed E-state index contributed by atoms with van der Waals surface area (Å²) in [5.74, 6) is -0.163. The number of fused-ring (bicyclic) bond motifs is 1. The van der Waals surface area contributed by atoms with Crippen LogP contribution in [0.5, 0.6) is 0 Å². The van der Waals surface area contributed by atoms with Gasteiger partial charge < -0.3 is 5.32 Å². The number of primary sulfonamides is 1. The van der Waals surface area contributed by atoms with Gasteiger partial charge in [-0.25, -0.2) is 13.6 Å². The third-order valence-electron chi connectivity index (χ3n) is 4.39. The highest BCUT2D eigenvalue weighted by molar-refractivity contribution is 7.89. The molecule has 1 unspecified atom stereocenters. The van der Waals surface area contributed by atoms with Crippen molar-refractivity contribution in [3.8, 4) is 0 Å². The van der Waals surface area contributed by atoms with E-state index in [1.54, 1.807) is 23.5 Å². The first kappa shape index (κ1) is 18.1. The van der Waals surface area contributed by atoms with Crippen LogP contribution in [0.25, 0.3) is 0 Å². The molecule has 1 aromatic carbocycles. The van der Waals surface area contributed by atoms with Crippen LogP contribution in [0.2, 0.25) is 0 Å². The third-order valence-corrected chi connectivity index (χ3v) is 6.29. The van der Waals surface area contributed by atoms with Gasteiger partial charge in [-0.1, -0.05) is 13.0 Å². The predicted molar refractivity (Wildman–Crippen MR) is 99.1 cm³/mol. The van der Waals surface area contributed by atoms with Crippen LogP contribution in [-0.4, -0.2) is 32.3 Å². The normalized spacial score (nSPS) is 17.9. The number of benzene rings is 1. The quantitative estimate of drug-likeness (QED) is 0.834. The molecule has 3 N–H and O–H groups in total. The highest BCUT2D eigenvalue weighted by atomic mass is 32.2. The molecule has 25 heavy (non-hydrogen) atoms. The Morgan fingerprint density at radius 2 is 2.20 bits per heavy atom. The van der Waals surface area contributed by atoms with Crippen molar-refractivity contribution in [3.63, 3.8) is 0 Å². The average Bonchev–Trinajstić information content (AvgIpc) is 3.02. The summed E-state index contributed by atoms with van der Waals surface area (Å²) in [6.07, 6.45) is 1.90. The van der Waals surface area contributed by atoms with Crippen molar-refractivity contribution >= 4 is 33.0 Å². The molecule has 0 fully saturated rings. The monoisotopic (exact) mass is 379 g/mol. The number of carbonyl (C=O) groups excluding carboxylic acids is 1. The van der Waals surface area contributed by atoms with Crippen LogP contribution < -0.4 is 10.5 Å². The fourth-order valence-electron chi connectivity index (χ4n) is 3.25. The fraction of sp³-hybridized carbons (Fsp3) is 0.353. The second-order valence-electron chi connectivity index (χ2n) is 6.06. The molecule has 0 aliphatic carbocycles. The molecule has 2 heterocycles. The van der Waals surface area contributed by atoms with E-state index in [1.165, 1.54) is 22.6 Å². The Bertz CT molecular complexity index is 877. The molecule has 1 amide bonds. The standard InChI is InChI=1S/C17H21N3O3S2/c1-2-15-14-7-9-24-16(14)6-8-20(15)11-17(21)19-12-4-3-5-13(10-12)25(18,22)23/h3-5,7,9-10,15H,2,6,8,11H2,1H3,(H,19,21)(H2,18,22,23). The summed E-state index contributed by atoms with van der Waals surface area (Å²) in [6, 6.07) is 8.38. The molecule has 6 nitrogen and oxygen atoms in total. The lowest BCUT2D eigenvalue weighted by Crippen LogP contribution is -2.40. The first-order valence-corrected chi connectivity index (χ1v) is 10.5. The number of anilines is 1. The van der Waals surface area contributed by atoms with Gasteiger partial charge >= 0.3 is 0 Å². The maximum absolute atomic E-state index is 12.4. The van der Waals surface area contributed by atoms with Gasteiger partial charge in [0.25, 0.3) is 0 Å². The van der Waals surface area contributed by atoms with Gasteiger partial charge in [0.15, 0.2) is 0 Å². The second kappa shape index (κ2) is 7.25. The number of hydrogen-bond acceptors (Lipinski definition) is 5. The number of nitrogens with two attached hydrogens (primary N) is 1. The first-order chi connectivity index (χ1) is 11.9. The number of thiophene rings is 1. The van der Waals surface area contributed by atoms with E-state index in [0.29, 0.717) is 5.69 Å². The van der Waals surface area contributed by atoms with Crippen LogP contribution in [0, 0.1) is 0 Å². The number of hydrogen-bond donors (Lipinski definition) is 2. The predicted octanol–water partition coefficient (Wildman–Crippen LogP) is 2.34. The molecule has 1 aromatic heterocycles. The van der Waals surface area contributed by atoms with Gasteiger partial charge in [0, 0.05) is 23.2 Å². The van der Waals surface area contributed by atoms with Crippen molar-refractivity contribution in [1.82, 2.24) is 4.90 Å². The number of nitrogens with zero attached hydrogens (tertiary/aromatic N) is 1. The molecular weight excluding hydrogens is 358 g/mol. The highest BCUT2D eigenvalue weighted by Gasteiger charge is 2.28. The highest BCUT2D eigenvalue weighted by Crippen LogP contribution is 2.34. The first-order valence-electron chi connectivity index (χ1n) is 8.11. The van der Waals surface area contributed by atoms with E-state index in [2.05, 4.69) is 28.6 Å². The van der Waals surface area contributed by atoms with E-state index in [-0.39, 0.29) is 23.4 Å². The molecule has 2 aromatic rings. The van der Waals surface area contributed by atoms with E-state index >= 15 is 0 Å². The number of sulfonamides is 1. The lowest BCUT2D eigenvalue weighted by Gasteiger charge is -2.34. The number of rotatable bonds is 5. The lowest BCUT2D eigenvalue weighted by atomic mass is 9.98. The van der Waals surface area contributed by atoms with Crippen LogP contribution in [0.4, 0.5) is 5.69 Å². The summed E-state index contributed by atoms with van der Waals surface area (Å²) in [7, 11) is -3.79. The van der Waals surface area contributed by atoms with Gasteiger partial charge in [-0.3, -0.25) is 9.69 Å². The molecule has 0 saturated heterocycles. The topological polar surface area (TPSA) is 92.5 Å². The molecule has 1 aliphatic heterocycles. The van der Waals surface area contributed by atoms with Crippen LogP contribution in [0.1, 0.15) is 29.8 Å². The zero-order chi connectivity index (χ0) is 18.0. The Kier molecular flexibility index (Phi) is 5.24. The van der Waals surface area contributed by atoms with Crippen LogP contribution in [0.15, 0.2) is 40.6 Å². The summed E-state index contributed by atoms with van der Waals surface area (Å²) in [5.41, 5.74) is 1.75. The van der Waals surface area contributed by atoms with Gasteiger partial charge in [0.2, 0.25) is 15.9 Å². The van der Waals surface area contributed by atoms with E-state index in [0.717, 1.165) is 19.4 Å². The Hall–Kier alpha value is -1.74. The molecule has 1 atom stereocenters. The maximum atomic E-state index is 12.4. The van der Waals surface area contributed by atoms with Crippen molar-refractivity contribution in [2.45, 2.75) is 30.7 Å². The third kappa shape index (κ3) is 4.09. The second-order valence-corrected chi connectivity index (χ2v) is 8.63. The molecule has 0 radical (unpaired) electrons. The van der Waals surface area contributed by atoms with E-state index in [1.807, 2.05) is 0 Å². The van der Waals surface area contributed by atoms with Gasteiger partial charge in [-0.15, -0.1) is 11.3 Å². The molecule has 1 aliphatic rings. The van der Waals surface area contributed by atoms with Crippen molar-refractivity contribution < 1.29 is 13.2 Å². The fourth-order valence-corrected chi connectivity index (χ4v) is 4.74. The zero-order valence-electron chi connectivity index (χ0n) is 13.9. The van der Waals surface area contributed by atoms with Crippen molar-refractivity contribution in [1.29, 1.82) is 0 Å². The number of amides is 1. The molecule has 0 bridgehead atoms. The smallest absolute Gasteiger partial charge is 0.238 e. The summed E-state index contributed by atoms with van der Waals surface area (Å²) in [5, 5.41) is 10.0. The Balaban J connectivity index is 1.69. The minimum atomic E-state index is -3.79.